The Morgan fingerprint density at radius 2 is 1.11 bits per heavy atom. The molecule has 0 fully saturated rings. The molecule has 0 heterocycles. The molecular weight excluding hydrogens is 372 g/mol. The molecule has 0 aliphatic heterocycles. The molecule has 3 N–H and O–H groups in total. The molecule has 0 aromatic rings. The van der Waals surface area contributed by atoms with Gasteiger partial charge in [0.1, 0.15) is 0 Å². The minimum absolute atomic E-state index is 0.0145. The second kappa shape index (κ2) is 22.9. The molecule has 0 aliphatic carbocycles. The quantitative estimate of drug-likeness (QED) is 0.271. The van der Waals surface area contributed by atoms with Gasteiger partial charge in [-0.2, -0.15) is 0 Å². The lowest BCUT2D eigenvalue weighted by Crippen LogP contribution is -2.27. The lowest BCUT2D eigenvalue weighted by atomic mass is 10.3. The monoisotopic (exact) mass is 414 g/mol. The van der Waals surface area contributed by atoms with E-state index in [0.717, 1.165) is 0 Å². The van der Waals surface area contributed by atoms with Gasteiger partial charge in [0.25, 0.3) is 0 Å². The zero-order valence-corrected chi connectivity index (χ0v) is 18.2. The smallest absolute Gasteiger partial charge is 0.0781 e. The first kappa shape index (κ1) is 29.8. The summed E-state index contributed by atoms with van der Waals surface area (Å²) in [5, 5.41) is 26.1. The van der Waals surface area contributed by atoms with Gasteiger partial charge in [0.05, 0.1) is 90.5 Å². The zero-order valence-electron chi connectivity index (χ0n) is 18.2. The van der Waals surface area contributed by atoms with Crippen molar-refractivity contribution < 1.29 is 43.7 Å². The van der Waals surface area contributed by atoms with Crippen molar-refractivity contribution >= 4 is 0 Å². The highest BCUT2D eigenvalue weighted by atomic mass is 16.6. The van der Waals surface area contributed by atoms with Gasteiger partial charge >= 0.3 is 0 Å². The zero-order chi connectivity index (χ0) is 21.6. The van der Waals surface area contributed by atoms with Crippen molar-refractivity contribution in [3.63, 3.8) is 0 Å². The highest BCUT2D eigenvalue weighted by Crippen LogP contribution is 2.00. The predicted molar refractivity (Wildman–Crippen MR) is 106 cm³/mol. The molecule has 0 spiro atoms. The fraction of sp³-hybridized carbons (Fsp3) is 1.00. The van der Waals surface area contributed by atoms with E-state index < -0.39 is 6.10 Å². The van der Waals surface area contributed by atoms with Crippen LogP contribution in [0.5, 0.6) is 0 Å². The minimum Gasteiger partial charge on any atom is -0.394 e. The van der Waals surface area contributed by atoms with Crippen molar-refractivity contribution in [1.82, 2.24) is 0 Å². The Balaban J connectivity index is 0. The Morgan fingerprint density at radius 1 is 0.643 bits per heavy atom. The summed E-state index contributed by atoms with van der Waals surface area (Å²) >= 11 is 0. The number of rotatable bonds is 18. The first-order chi connectivity index (χ1) is 13.4. The Labute approximate surface area is 169 Å². The van der Waals surface area contributed by atoms with E-state index in [1.807, 2.05) is 13.8 Å². The molecule has 4 atom stereocenters. The molecule has 0 radical (unpaired) electrons. The van der Waals surface area contributed by atoms with Gasteiger partial charge in [-0.25, -0.2) is 0 Å². The molecule has 0 rings (SSSR count). The Hall–Kier alpha value is -0.360. The van der Waals surface area contributed by atoms with Crippen LogP contribution in [0.2, 0.25) is 0 Å². The molecule has 0 bridgehead atoms. The second-order valence-corrected chi connectivity index (χ2v) is 6.40. The van der Waals surface area contributed by atoms with Crippen molar-refractivity contribution in [2.45, 2.75) is 52.1 Å². The number of hydrogen-bond acceptors (Lipinski definition) is 9. The average Bonchev–Trinajstić information content (AvgIpc) is 2.68. The lowest BCUT2D eigenvalue weighted by Gasteiger charge is -2.19. The van der Waals surface area contributed by atoms with Crippen LogP contribution in [-0.4, -0.2) is 113 Å². The molecule has 9 heteroatoms. The summed E-state index contributed by atoms with van der Waals surface area (Å²) < 4.78 is 31.0. The van der Waals surface area contributed by atoms with E-state index in [4.69, 9.17) is 43.7 Å². The number of methoxy groups -OCH3 is 1. The van der Waals surface area contributed by atoms with Crippen LogP contribution in [0.25, 0.3) is 0 Å². The second-order valence-electron chi connectivity index (χ2n) is 6.40. The van der Waals surface area contributed by atoms with Gasteiger partial charge in [-0.05, 0) is 27.7 Å². The molecule has 0 aliphatic rings. The van der Waals surface area contributed by atoms with Crippen LogP contribution in [0, 0.1) is 0 Å². The van der Waals surface area contributed by atoms with Crippen LogP contribution in [0.15, 0.2) is 0 Å². The minimum atomic E-state index is -0.455. The first-order valence-corrected chi connectivity index (χ1v) is 9.76. The highest BCUT2D eigenvalue weighted by Gasteiger charge is 2.09. The molecule has 4 unspecified atom stereocenters. The van der Waals surface area contributed by atoms with E-state index in [0.29, 0.717) is 52.9 Å². The van der Waals surface area contributed by atoms with E-state index in [1.54, 1.807) is 21.0 Å². The van der Waals surface area contributed by atoms with Crippen LogP contribution >= 0.6 is 0 Å². The molecule has 0 saturated carbocycles. The van der Waals surface area contributed by atoms with Gasteiger partial charge in [-0.3, -0.25) is 0 Å². The first-order valence-electron chi connectivity index (χ1n) is 9.76. The van der Waals surface area contributed by atoms with E-state index in [2.05, 4.69) is 0 Å². The van der Waals surface area contributed by atoms with E-state index in [9.17, 15) is 0 Å². The van der Waals surface area contributed by atoms with Crippen molar-refractivity contribution in [2.24, 2.45) is 0 Å². The van der Waals surface area contributed by atoms with Crippen LogP contribution in [0.3, 0.4) is 0 Å². The topological polar surface area (TPSA) is 116 Å². The fourth-order valence-electron chi connectivity index (χ4n) is 1.58. The summed E-state index contributed by atoms with van der Waals surface area (Å²) in [7, 11) is 1.63. The standard InChI is InChI=1S/C12H26O5.C7H16O4/c1-9(14)6-15-11(3)8-17-12(4)7-16-10(2)5-13;1-9-4-5-11-7-6-10-3-2-8/h9-14H,5-8H2,1-4H3;8H,2-7H2,1H3. The van der Waals surface area contributed by atoms with E-state index in [1.165, 1.54) is 0 Å². The SMILES string of the molecule is CC(O)COC(C)COC(C)COC(C)CO.COCCOCCOCCO. The van der Waals surface area contributed by atoms with Gasteiger partial charge < -0.3 is 43.7 Å². The molecule has 9 nitrogen and oxygen atoms in total. The molecule has 0 aromatic carbocycles. The van der Waals surface area contributed by atoms with Crippen LogP contribution < -0.4 is 0 Å². The van der Waals surface area contributed by atoms with Crippen molar-refractivity contribution in [2.75, 3.05) is 73.2 Å². The molecule has 172 valence electrons. The van der Waals surface area contributed by atoms with Gasteiger partial charge in [0.2, 0.25) is 0 Å². The van der Waals surface area contributed by atoms with Crippen molar-refractivity contribution in [1.29, 1.82) is 0 Å². The Morgan fingerprint density at radius 3 is 1.57 bits per heavy atom. The summed E-state index contributed by atoms with van der Waals surface area (Å²) in [5.41, 5.74) is 0. The number of aliphatic hydroxyl groups excluding tert-OH is 3. The van der Waals surface area contributed by atoms with Crippen molar-refractivity contribution in [3.8, 4) is 0 Å². The third-order valence-electron chi connectivity index (χ3n) is 3.15. The maximum Gasteiger partial charge on any atom is 0.0781 e. The number of aliphatic hydroxyl groups is 3. The molecule has 28 heavy (non-hydrogen) atoms. The highest BCUT2D eigenvalue weighted by molar-refractivity contribution is 4.55. The van der Waals surface area contributed by atoms with Crippen molar-refractivity contribution in [3.05, 3.63) is 0 Å². The number of ether oxygens (including phenoxy) is 6. The largest absolute Gasteiger partial charge is 0.394 e. The van der Waals surface area contributed by atoms with Crippen LogP contribution in [0.4, 0.5) is 0 Å². The predicted octanol–water partition coefficient (Wildman–Crippen LogP) is 0.233. The molecule has 0 saturated heterocycles. The normalized spacial score (nSPS) is 15.4. The fourth-order valence-corrected chi connectivity index (χ4v) is 1.58. The van der Waals surface area contributed by atoms with E-state index in [-0.39, 0.29) is 31.5 Å². The molecule has 0 aromatic heterocycles. The van der Waals surface area contributed by atoms with Crippen LogP contribution in [0.1, 0.15) is 27.7 Å². The van der Waals surface area contributed by atoms with Crippen LogP contribution in [-0.2, 0) is 28.4 Å². The molecular formula is C19H42O9. The Kier molecular flexibility index (Phi) is 24.4. The van der Waals surface area contributed by atoms with Gasteiger partial charge in [0.15, 0.2) is 0 Å². The van der Waals surface area contributed by atoms with E-state index >= 15 is 0 Å². The van der Waals surface area contributed by atoms with Gasteiger partial charge in [-0.1, -0.05) is 0 Å². The lowest BCUT2D eigenvalue weighted by molar-refractivity contribution is -0.0825. The Bertz CT molecular complexity index is 285. The summed E-state index contributed by atoms with van der Waals surface area (Å²) in [6.45, 7) is 11.3. The summed E-state index contributed by atoms with van der Waals surface area (Å²) in [6.07, 6.45) is -0.711. The van der Waals surface area contributed by atoms with Gasteiger partial charge in [0, 0.05) is 7.11 Å². The summed E-state index contributed by atoms with van der Waals surface area (Å²) in [4.78, 5) is 0. The maximum atomic E-state index is 9.04. The summed E-state index contributed by atoms with van der Waals surface area (Å²) in [5.74, 6) is 0. The van der Waals surface area contributed by atoms with Gasteiger partial charge in [-0.15, -0.1) is 0 Å². The molecule has 0 amide bonds. The average molecular weight is 415 g/mol. The third kappa shape index (κ3) is 25.6. The third-order valence-corrected chi connectivity index (χ3v) is 3.15. The number of hydrogen-bond donors (Lipinski definition) is 3. The summed E-state index contributed by atoms with van der Waals surface area (Å²) in [6, 6.07) is 0. The maximum absolute atomic E-state index is 9.04.